The number of carbonyl (C=O) groups excluding carboxylic acids is 4. The van der Waals surface area contributed by atoms with Crippen molar-refractivity contribution in [2.75, 3.05) is 45.9 Å². The van der Waals surface area contributed by atoms with Gasteiger partial charge in [-0.05, 0) is 57.0 Å². The number of piperazine rings is 1. The summed E-state index contributed by atoms with van der Waals surface area (Å²) in [5, 5.41) is 0. The van der Waals surface area contributed by atoms with Gasteiger partial charge in [0.05, 0.1) is 12.2 Å². The molecule has 1 atom stereocenters. The van der Waals surface area contributed by atoms with E-state index in [1.54, 1.807) is 35.2 Å². The van der Waals surface area contributed by atoms with Crippen molar-refractivity contribution < 1.29 is 37.8 Å². The lowest BCUT2D eigenvalue weighted by molar-refractivity contribution is -0.256. The second-order valence-electron chi connectivity index (χ2n) is 10.6. The van der Waals surface area contributed by atoms with Crippen LogP contribution >= 0.6 is 0 Å². The van der Waals surface area contributed by atoms with Gasteiger partial charge in [-0.15, -0.1) is 0 Å². The highest BCUT2D eigenvalue weighted by atomic mass is 19.1. The Kier molecular flexibility index (Phi) is 8.98. The Bertz CT molecular complexity index is 1340. The first-order valence-corrected chi connectivity index (χ1v) is 14.2. The van der Waals surface area contributed by atoms with Gasteiger partial charge in [-0.1, -0.05) is 18.2 Å². The number of nitrogens with zero attached hydrogens (tertiary/aromatic N) is 3. The number of benzene rings is 2. The van der Waals surface area contributed by atoms with E-state index < -0.39 is 35.0 Å². The molecule has 3 heterocycles. The zero-order valence-corrected chi connectivity index (χ0v) is 23.5. The molecular weight excluding hydrogens is 545 g/mol. The first-order valence-electron chi connectivity index (χ1n) is 14.2. The number of hydrogen-bond donors (Lipinski definition) is 0. The van der Waals surface area contributed by atoms with E-state index in [2.05, 4.69) is 11.8 Å². The highest BCUT2D eigenvalue weighted by molar-refractivity contribution is 6.06. The number of hydrogen-bond acceptors (Lipinski definition) is 9. The van der Waals surface area contributed by atoms with Crippen LogP contribution in [0.15, 0.2) is 60.7 Å². The molecule has 3 aliphatic rings. The Morgan fingerprint density at radius 2 is 1.67 bits per heavy atom. The van der Waals surface area contributed by atoms with E-state index in [1.807, 2.05) is 0 Å². The molecule has 0 bridgehead atoms. The predicted octanol–water partition coefficient (Wildman–Crippen LogP) is 3.03. The summed E-state index contributed by atoms with van der Waals surface area (Å²) in [6.07, 6.45) is 4.84. The number of likely N-dealkylation sites (tertiary alicyclic amines) is 1. The number of halogens is 1. The monoisotopic (exact) mass is 579 g/mol. The molecule has 0 aromatic heterocycles. The summed E-state index contributed by atoms with van der Waals surface area (Å²) in [6.45, 7) is 4.87. The third-order valence-corrected chi connectivity index (χ3v) is 7.86. The van der Waals surface area contributed by atoms with Crippen LogP contribution in [-0.4, -0.2) is 96.2 Å². The van der Waals surface area contributed by atoms with Crippen molar-refractivity contribution in [3.63, 3.8) is 0 Å². The molecule has 2 aromatic carbocycles. The molecular formula is C31H34FN3O7. The molecule has 0 spiro atoms. The molecule has 5 rings (SSSR count). The van der Waals surface area contributed by atoms with E-state index in [9.17, 15) is 19.2 Å². The van der Waals surface area contributed by atoms with Crippen molar-refractivity contribution in [2.24, 2.45) is 0 Å². The third kappa shape index (κ3) is 6.37. The van der Waals surface area contributed by atoms with E-state index in [4.69, 9.17) is 14.2 Å². The Morgan fingerprint density at radius 3 is 2.29 bits per heavy atom. The summed E-state index contributed by atoms with van der Waals surface area (Å²) < 4.78 is 32.0. The lowest BCUT2D eigenvalue weighted by atomic mass is 10.0. The standard InChI is InChI=1S/C31H34FN3O7/c1-22-7-5-14-33(22)15-6-20-40-24-10-11-25(26(32)21-24)29(38)31(41-27(36)12-13-28(37)42-31)35-18-16-34(17-19-35)30(39)23-8-3-2-4-9-23/h2-4,8-13,21-22H,5-7,14-20H2,1H3. The number of ether oxygens (including phenoxy) is 3. The second kappa shape index (κ2) is 12.8. The number of rotatable bonds is 9. The Labute approximate surface area is 243 Å². The fourth-order valence-electron chi connectivity index (χ4n) is 5.55. The van der Waals surface area contributed by atoms with Crippen LogP contribution in [0.4, 0.5) is 4.39 Å². The molecule has 2 saturated heterocycles. The van der Waals surface area contributed by atoms with Gasteiger partial charge in [-0.25, -0.2) is 18.9 Å². The van der Waals surface area contributed by atoms with Crippen LogP contribution in [-0.2, 0) is 19.1 Å². The topological polar surface area (TPSA) is 106 Å². The van der Waals surface area contributed by atoms with Crippen LogP contribution in [0, 0.1) is 5.82 Å². The molecule has 222 valence electrons. The largest absolute Gasteiger partial charge is 0.493 e. The molecule has 1 amide bonds. The molecule has 0 aliphatic carbocycles. The molecule has 0 N–H and O–H groups in total. The quantitative estimate of drug-likeness (QED) is 0.252. The number of esters is 2. The van der Waals surface area contributed by atoms with Crippen LogP contribution in [0.3, 0.4) is 0 Å². The van der Waals surface area contributed by atoms with Gasteiger partial charge in [0.2, 0.25) is 0 Å². The normalized spacial score (nSPS) is 21.0. The van der Waals surface area contributed by atoms with Crippen molar-refractivity contribution in [3.05, 3.63) is 77.6 Å². The lowest BCUT2D eigenvalue weighted by Crippen LogP contribution is -2.64. The second-order valence-corrected chi connectivity index (χ2v) is 10.6. The van der Waals surface area contributed by atoms with Crippen molar-refractivity contribution in [1.82, 2.24) is 14.7 Å². The van der Waals surface area contributed by atoms with Gasteiger partial charge < -0.3 is 24.0 Å². The zero-order valence-electron chi connectivity index (χ0n) is 23.5. The van der Waals surface area contributed by atoms with Gasteiger partial charge in [0.1, 0.15) is 11.6 Å². The molecule has 3 aliphatic heterocycles. The van der Waals surface area contributed by atoms with Gasteiger partial charge in [-0.2, -0.15) is 0 Å². The lowest BCUT2D eigenvalue weighted by Gasteiger charge is -2.43. The minimum atomic E-state index is -2.55. The predicted molar refractivity (Wildman–Crippen MR) is 149 cm³/mol. The third-order valence-electron chi connectivity index (χ3n) is 7.86. The number of carbonyl (C=O) groups is 4. The van der Waals surface area contributed by atoms with E-state index in [0.717, 1.165) is 37.7 Å². The molecule has 2 aromatic rings. The van der Waals surface area contributed by atoms with E-state index in [0.29, 0.717) is 18.2 Å². The Morgan fingerprint density at radius 1 is 0.976 bits per heavy atom. The van der Waals surface area contributed by atoms with Crippen LogP contribution in [0.5, 0.6) is 5.75 Å². The highest BCUT2D eigenvalue weighted by Gasteiger charge is 2.54. The SMILES string of the molecule is CC1CCCN1CCCOc1ccc(C(=O)C2(N3CCN(C(=O)c4ccccc4)CC3)OC(=O)C=CC(=O)O2)c(F)c1. The Hall–Kier alpha value is -4.09. The van der Waals surface area contributed by atoms with Gasteiger partial charge in [0.25, 0.3) is 11.7 Å². The maximum absolute atomic E-state index is 15.4. The number of ketones is 1. The van der Waals surface area contributed by atoms with Gasteiger partial charge >= 0.3 is 17.8 Å². The molecule has 10 nitrogen and oxygen atoms in total. The molecule has 1 unspecified atom stereocenters. The Balaban J connectivity index is 1.30. The van der Waals surface area contributed by atoms with Crippen molar-refractivity contribution in [1.29, 1.82) is 0 Å². The fraction of sp³-hybridized carbons (Fsp3) is 0.419. The van der Waals surface area contributed by atoms with E-state index in [-0.39, 0.29) is 37.8 Å². The number of Topliss-reactive ketones (excluding diaryl/α,β-unsaturated/α-hetero) is 1. The summed E-state index contributed by atoms with van der Waals surface area (Å²) in [5.41, 5.74) is 0.0711. The molecule has 42 heavy (non-hydrogen) atoms. The van der Waals surface area contributed by atoms with Crippen molar-refractivity contribution in [2.45, 2.75) is 38.1 Å². The molecule has 0 saturated carbocycles. The summed E-state index contributed by atoms with van der Waals surface area (Å²) in [7, 11) is 0. The van der Waals surface area contributed by atoms with Crippen LogP contribution in [0.1, 0.15) is 46.9 Å². The fourth-order valence-corrected chi connectivity index (χ4v) is 5.55. The minimum absolute atomic E-state index is 0.0172. The van der Waals surface area contributed by atoms with Gasteiger partial charge in [-0.3, -0.25) is 9.59 Å². The van der Waals surface area contributed by atoms with E-state index in [1.165, 1.54) is 29.9 Å². The zero-order chi connectivity index (χ0) is 29.7. The first kappa shape index (κ1) is 29.4. The van der Waals surface area contributed by atoms with Crippen LogP contribution < -0.4 is 4.74 Å². The van der Waals surface area contributed by atoms with Crippen LogP contribution in [0.25, 0.3) is 0 Å². The van der Waals surface area contributed by atoms with Gasteiger partial charge in [0, 0.05) is 62.5 Å². The molecule has 0 radical (unpaired) electrons. The average Bonchev–Trinajstić information content (AvgIpc) is 3.34. The number of cyclic esters (lactones) is 2. The van der Waals surface area contributed by atoms with Crippen molar-refractivity contribution >= 4 is 23.6 Å². The van der Waals surface area contributed by atoms with Gasteiger partial charge in [0.15, 0.2) is 0 Å². The van der Waals surface area contributed by atoms with E-state index >= 15 is 4.39 Å². The van der Waals surface area contributed by atoms with Crippen LogP contribution in [0.2, 0.25) is 0 Å². The number of amides is 1. The molecule has 2 fully saturated rings. The summed E-state index contributed by atoms with van der Waals surface area (Å²) in [4.78, 5) is 57.1. The maximum Gasteiger partial charge on any atom is 0.388 e. The highest BCUT2D eigenvalue weighted by Crippen LogP contribution is 2.31. The smallest absolute Gasteiger partial charge is 0.388 e. The average molecular weight is 580 g/mol. The summed E-state index contributed by atoms with van der Waals surface area (Å²) in [5.74, 6) is -6.46. The molecule has 11 heteroatoms. The summed E-state index contributed by atoms with van der Waals surface area (Å²) >= 11 is 0. The summed E-state index contributed by atoms with van der Waals surface area (Å²) in [6, 6.07) is 13.0. The minimum Gasteiger partial charge on any atom is -0.493 e. The first-order chi connectivity index (χ1) is 20.3. The van der Waals surface area contributed by atoms with Crippen molar-refractivity contribution in [3.8, 4) is 5.75 Å². The maximum atomic E-state index is 15.4.